The molecule has 0 radical (unpaired) electrons. The van der Waals surface area contributed by atoms with Crippen molar-refractivity contribution in [1.29, 1.82) is 0 Å². The van der Waals surface area contributed by atoms with Crippen molar-refractivity contribution < 1.29 is 0 Å². The fraction of sp³-hybridized carbons (Fsp3) is 0.0390. The lowest BCUT2D eigenvalue weighted by Crippen LogP contribution is -2.14. The standard InChI is InChI=1S/C77H48N2/c1-77(2)67-26-12-11-21-58(67)59-31-27-50(44-68(59)77)48-29-33-70-64(40-48)65-42-54(43-66-73-56-20-10-9-19-47(56)28-35-71(73)79(70)76(65)66)55-22-13-23-60-57(55)32-36-72-74(60)62-25-14-24-61-63-41-49(30-34-69(63)78(72)75(61)62)53-38-51(45-15-5-3-6-16-45)37-52(39-53)46-17-7-4-8-18-46/h3-44H,1-2H3. The van der Waals surface area contributed by atoms with Gasteiger partial charge in [-0.3, -0.25) is 0 Å². The molecule has 0 saturated carbocycles. The Bertz CT molecular complexity index is 5380. The largest absolute Gasteiger partial charge is 0.308 e. The third-order valence-corrected chi connectivity index (χ3v) is 18.3. The van der Waals surface area contributed by atoms with Gasteiger partial charge in [0.2, 0.25) is 0 Å². The van der Waals surface area contributed by atoms with Gasteiger partial charge in [0, 0.05) is 48.5 Å². The van der Waals surface area contributed by atoms with Crippen LogP contribution in [0.1, 0.15) is 25.0 Å². The molecule has 1 aliphatic rings. The van der Waals surface area contributed by atoms with Gasteiger partial charge in [0.25, 0.3) is 0 Å². The maximum absolute atomic E-state index is 2.54. The van der Waals surface area contributed by atoms with E-state index in [2.05, 4.69) is 277 Å². The molecule has 2 heteroatoms. The molecule has 0 unspecified atom stereocenters. The zero-order chi connectivity index (χ0) is 51.8. The van der Waals surface area contributed by atoms with Crippen molar-refractivity contribution in [2.24, 2.45) is 0 Å². The number of nitrogens with zero attached hydrogens (tertiary/aromatic N) is 2. The van der Waals surface area contributed by atoms with Crippen LogP contribution in [0.4, 0.5) is 0 Å². The molecule has 0 saturated heterocycles. The van der Waals surface area contributed by atoms with Crippen LogP contribution in [0.15, 0.2) is 255 Å². The van der Waals surface area contributed by atoms with Gasteiger partial charge in [-0.1, -0.05) is 196 Å². The van der Waals surface area contributed by atoms with E-state index in [9.17, 15) is 0 Å². The van der Waals surface area contributed by atoms with Crippen LogP contribution in [0, 0.1) is 0 Å². The number of benzene rings is 13. The summed E-state index contributed by atoms with van der Waals surface area (Å²) in [4.78, 5) is 0. The monoisotopic (exact) mass is 1000 g/mol. The summed E-state index contributed by atoms with van der Waals surface area (Å²) in [5, 5.41) is 15.4. The van der Waals surface area contributed by atoms with E-state index in [1.54, 1.807) is 0 Å². The van der Waals surface area contributed by atoms with Gasteiger partial charge in [-0.25, -0.2) is 0 Å². The summed E-state index contributed by atoms with van der Waals surface area (Å²) in [6, 6.07) is 96.2. The van der Waals surface area contributed by atoms with Crippen molar-refractivity contribution in [1.82, 2.24) is 8.80 Å². The minimum absolute atomic E-state index is 0.0725. The maximum atomic E-state index is 2.54. The highest BCUT2D eigenvalue weighted by Gasteiger charge is 2.35. The first-order valence-corrected chi connectivity index (χ1v) is 27.7. The molecule has 366 valence electrons. The van der Waals surface area contributed by atoms with Crippen molar-refractivity contribution in [3.8, 4) is 66.8 Å². The fourth-order valence-electron chi connectivity index (χ4n) is 14.7. The van der Waals surface area contributed by atoms with Crippen molar-refractivity contribution >= 4 is 97.7 Å². The Labute approximate surface area is 456 Å². The minimum atomic E-state index is -0.0725. The second kappa shape index (κ2) is 15.6. The van der Waals surface area contributed by atoms with Gasteiger partial charge in [-0.05, 0) is 172 Å². The highest BCUT2D eigenvalue weighted by Crippen LogP contribution is 2.51. The van der Waals surface area contributed by atoms with Crippen LogP contribution in [-0.2, 0) is 5.41 Å². The number of fused-ring (bicyclic) bond motifs is 19. The summed E-state index contributed by atoms with van der Waals surface area (Å²) in [6.07, 6.45) is 0. The minimum Gasteiger partial charge on any atom is -0.308 e. The van der Waals surface area contributed by atoms with Crippen molar-refractivity contribution in [3.63, 3.8) is 0 Å². The van der Waals surface area contributed by atoms with Crippen LogP contribution < -0.4 is 0 Å². The number of rotatable bonds is 5. The summed E-state index contributed by atoms with van der Waals surface area (Å²) in [5.41, 5.74) is 25.2. The van der Waals surface area contributed by atoms with Crippen molar-refractivity contribution in [3.05, 3.63) is 266 Å². The third kappa shape index (κ3) is 5.85. The Morgan fingerprint density at radius 2 is 0.734 bits per heavy atom. The lowest BCUT2D eigenvalue weighted by Gasteiger charge is -2.22. The van der Waals surface area contributed by atoms with Gasteiger partial charge >= 0.3 is 0 Å². The predicted molar refractivity (Wildman–Crippen MR) is 336 cm³/mol. The number of hydrogen-bond acceptors (Lipinski definition) is 0. The van der Waals surface area contributed by atoms with Crippen LogP contribution in [0.25, 0.3) is 164 Å². The third-order valence-electron chi connectivity index (χ3n) is 18.3. The molecule has 4 heterocycles. The molecule has 0 amide bonds. The summed E-state index contributed by atoms with van der Waals surface area (Å²) >= 11 is 0. The van der Waals surface area contributed by atoms with E-state index >= 15 is 0 Å². The van der Waals surface area contributed by atoms with Crippen LogP contribution >= 0.6 is 0 Å². The Morgan fingerprint density at radius 1 is 0.241 bits per heavy atom. The van der Waals surface area contributed by atoms with Crippen LogP contribution in [0.5, 0.6) is 0 Å². The van der Waals surface area contributed by atoms with E-state index in [4.69, 9.17) is 0 Å². The van der Waals surface area contributed by atoms with E-state index in [0.717, 1.165) is 0 Å². The Morgan fingerprint density at radius 3 is 1.49 bits per heavy atom. The van der Waals surface area contributed by atoms with E-state index in [1.807, 2.05) is 0 Å². The normalized spacial score (nSPS) is 13.3. The molecule has 79 heavy (non-hydrogen) atoms. The molecule has 0 atom stereocenters. The van der Waals surface area contributed by atoms with E-state index in [1.165, 1.54) is 176 Å². The molecule has 0 fully saturated rings. The first-order valence-electron chi connectivity index (χ1n) is 27.7. The lowest BCUT2D eigenvalue weighted by atomic mass is 9.81. The van der Waals surface area contributed by atoms with Crippen molar-refractivity contribution in [2.75, 3.05) is 0 Å². The molecule has 18 rings (SSSR count). The fourth-order valence-corrected chi connectivity index (χ4v) is 14.7. The first-order chi connectivity index (χ1) is 38.9. The highest BCUT2D eigenvalue weighted by atomic mass is 14.9. The molecule has 17 aromatic rings. The van der Waals surface area contributed by atoms with Gasteiger partial charge in [-0.2, -0.15) is 0 Å². The maximum Gasteiger partial charge on any atom is 0.0621 e. The molecule has 0 spiro atoms. The second-order valence-electron chi connectivity index (χ2n) is 22.8. The molecule has 0 bridgehead atoms. The molecular weight excluding hydrogens is 953 g/mol. The smallest absolute Gasteiger partial charge is 0.0621 e. The number of para-hydroxylation sites is 1. The van der Waals surface area contributed by atoms with Gasteiger partial charge < -0.3 is 8.80 Å². The van der Waals surface area contributed by atoms with E-state index in [-0.39, 0.29) is 5.41 Å². The average molecular weight is 1000 g/mol. The molecule has 4 aromatic heterocycles. The summed E-state index contributed by atoms with van der Waals surface area (Å²) in [6.45, 7) is 4.75. The van der Waals surface area contributed by atoms with E-state index < -0.39 is 0 Å². The lowest BCUT2D eigenvalue weighted by molar-refractivity contribution is 0.660. The summed E-state index contributed by atoms with van der Waals surface area (Å²) in [5.74, 6) is 0. The molecule has 0 N–H and O–H groups in total. The molecule has 13 aromatic carbocycles. The molecule has 2 nitrogen and oxygen atoms in total. The van der Waals surface area contributed by atoms with Gasteiger partial charge in [0.1, 0.15) is 0 Å². The molecule has 0 aliphatic heterocycles. The number of hydrogen-bond donors (Lipinski definition) is 0. The van der Waals surface area contributed by atoms with Crippen LogP contribution in [0.2, 0.25) is 0 Å². The van der Waals surface area contributed by atoms with E-state index in [0.29, 0.717) is 0 Å². The first kappa shape index (κ1) is 43.1. The zero-order valence-electron chi connectivity index (χ0n) is 43.6. The SMILES string of the molecule is CC1(C)c2ccccc2-c2ccc(-c3ccc4c(c3)c3cc(-c5cccc6c5ccc5c6c6cccc7c8cc(-c9cc(-c%10ccccc%10)cc(-c%10ccccc%10)c9)ccc8n5c76)cc5c6c7ccccc7ccc6n4c35)cc21. The van der Waals surface area contributed by atoms with Gasteiger partial charge in [0.05, 0.1) is 33.1 Å². The summed E-state index contributed by atoms with van der Waals surface area (Å²) in [7, 11) is 0. The van der Waals surface area contributed by atoms with Crippen LogP contribution in [-0.4, -0.2) is 8.80 Å². The Hall–Kier alpha value is -10.0. The topological polar surface area (TPSA) is 8.82 Å². The molecule has 1 aliphatic carbocycles. The number of aromatic nitrogens is 2. The Kier molecular flexibility index (Phi) is 8.50. The van der Waals surface area contributed by atoms with Gasteiger partial charge in [0.15, 0.2) is 0 Å². The summed E-state index contributed by atoms with van der Waals surface area (Å²) < 4.78 is 5.07. The quantitative estimate of drug-likeness (QED) is 0.162. The second-order valence-corrected chi connectivity index (χ2v) is 22.8. The van der Waals surface area contributed by atoms with Gasteiger partial charge in [-0.15, -0.1) is 0 Å². The Balaban J connectivity index is 0.828. The highest BCUT2D eigenvalue weighted by molar-refractivity contribution is 6.32. The predicted octanol–water partition coefficient (Wildman–Crippen LogP) is 20.9. The zero-order valence-corrected chi connectivity index (χ0v) is 43.6. The molecular formula is C77H48N2. The van der Waals surface area contributed by atoms with Crippen molar-refractivity contribution in [2.45, 2.75) is 19.3 Å². The average Bonchev–Trinajstić information content (AvgIpc) is 3.23. The van der Waals surface area contributed by atoms with Crippen LogP contribution in [0.3, 0.4) is 0 Å².